The van der Waals surface area contributed by atoms with Gasteiger partial charge in [-0.1, -0.05) is 54.6 Å². The van der Waals surface area contributed by atoms with E-state index < -0.39 is 0 Å². The summed E-state index contributed by atoms with van der Waals surface area (Å²) in [7, 11) is 0. The summed E-state index contributed by atoms with van der Waals surface area (Å²) < 4.78 is 2.26. The van der Waals surface area contributed by atoms with Crippen molar-refractivity contribution in [3.63, 3.8) is 0 Å². The van der Waals surface area contributed by atoms with E-state index in [0.29, 0.717) is 6.54 Å². The summed E-state index contributed by atoms with van der Waals surface area (Å²) in [5, 5.41) is 2.93. The molecule has 0 aromatic heterocycles. The highest BCUT2D eigenvalue weighted by Crippen LogP contribution is 2.40. The number of nitrogens with zero attached hydrogens (tertiary/aromatic N) is 1. The number of hydrogen-bond donors (Lipinski definition) is 1. The van der Waals surface area contributed by atoms with Crippen LogP contribution in [0.25, 0.3) is 0 Å². The molecule has 1 unspecified atom stereocenters. The largest absolute Gasteiger partial charge is 0.353 e. The Balaban J connectivity index is 1.87. The second-order valence-corrected chi connectivity index (χ2v) is 6.46. The van der Waals surface area contributed by atoms with Gasteiger partial charge in [-0.15, -0.1) is 0 Å². The summed E-state index contributed by atoms with van der Waals surface area (Å²) in [4.78, 5) is 13.6. The second-order valence-electron chi connectivity index (χ2n) is 5.34. The highest BCUT2D eigenvalue weighted by Gasteiger charge is 2.33. The summed E-state index contributed by atoms with van der Waals surface area (Å²) in [6.45, 7) is 3.34. The lowest BCUT2D eigenvalue weighted by molar-refractivity contribution is -0.117. The van der Waals surface area contributed by atoms with Crippen LogP contribution in [0.2, 0.25) is 0 Å². The molecule has 3 rings (SSSR count). The zero-order chi connectivity index (χ0) is 16.1. The molecule has 1 aliphatic heterocycles. The molecule has 4 heteroatoms. The molecular formula is C19H20N2OS. The number of carbonyl (C=O) groups excluding carboxylic acids is 1. The smallest absolute Gasteiger partial charge is 0.248 e. The molecule has 1 atom stereocenters. The van der Waals surface area contributed by atoms with E-state index in [-0.39, 0.29) is 11.9 Å². The minimum Gasteiger partial charge on any atom is -0.353 e. The lowest BCUT2D eigenvalue weighted by Gasteiger charge is -2.26. The fourth-order valence-corrected chi connectivity index (χ4v) is 3.77. The summed E-state index contributed by atoms with van der Waals surface area (Å²) in [6.07, 6.45) is 2.04. The van der Waals surface area contributed by atoms with Crippen molar-refractivity contribution in [3.8, 4) is 0 Å². The van der Waals surface area contributed by atoms with Crippen LogP contribution in [0.4, 0.5) is 0 Å². The average Bonchev–Trinajstić information content (AvgIpc) is 3.00. The third kappa shape index (κ3) is 3.66. The Morgan fingerprint density at radius 1 is 1.13 bits per heavy atom. The van der Waals surface area contributed by atoms with Gasteiger partial charge in [0.2, 0.25) is 5.91 Å². The summed E-state index contributed by atoms with van der Waals surface area (Å²) >= 11 is 1.69. The van der Waals surface area contributed by atoms with Gasteiger partial charge < -0.3 is 5.32 Å². The van der Waals surface area contributed by atoms with Crippen LogP contribution in [0, 0.1) is 0 Å². The molecule has 0 bridgehead atoms. The predicted molar refractivity (Wildman–Crippen MR) is 95.0 cm³/mol. The molecule has 118 valence electrons. The van der Waals surface area contributed by atoms with Crippen molar-refractivity contribution in [2.24, 2.45) is 0 Å². The number of amides is 1. The normalized spacial score (nSPS) is 17.8. The van der Waals surface area contributed by atoms with E-state index in [1.54, 1.807) is 11.9 Å². The van der Waals surface area contributed by atoms with Crippen LogP contribution in [0.1, 0.15) is 18.5 Å². The molecule has 0 fully saturated rings. The molecule has 2 aromatic rings. The Morgan fingerprint density at radius 2 is 1.78 bits per heavy atom. The first-order valence-corrected chi connectivity index (χ1v) is 8.59. The Kier molecular flexibility index (Phi) is 5.16. The maximum atomic E-state index is 12.4. The van der Waals surface area contributed by atoms with Crippen LogP contribution in [0.15, 0.2) is 77.2 Å². The fourth-order valence-electron chi connectivity index (χ4n) is 2.73. The van der Waals surface area contributed by atoms with Crippen molar-refractivity contribution in [2.75, 3.05) is 13.1 Å². The van der Waals surface area contributed by atoms with Crippen LogP contribution in [-0.4, -0.2) is 23.3 Å². The van der Waals surface area contributed by atoms with Crippen LogP contribution in [-0.2, 0) is 4.79 Å². The molecule has 1 heterocycles. The Labute approximate surface area is 141 Å². The maximum Gasteiger partial charge on any atom is 0.248 e. The number of carbonyl (C=O) groups is 1. The molecule has 2 aromatic carbocycles. The monoisotopic (exact) mass is 324 g/mol. The van der Waals surface area contributed by atoms with Gasteiger partial charge in [-0.2, -0.15) is 0 Å². The van der Waals surface area contributed by atoms with Gasteiger partial charge in [0.1, 0.15) is 0 Å². The molecule has 0 saturated heterocycles. The number of benzene rings is 2. The van der Waals surface area contributed by atoms with E-state index in [9.17, 15) is 4.79 Å². The van der Waals surface area contributed by atoms with E-state index in [0.717, 1.165) is 17.7 Å². The summed E-state index contributed by atoms with van der Waals surface area (Å²) in [5.41, 5.74) is 1.98. The van der Waals surface area contributed by atoms with E-state index in [4.69, 9.17) is 0 Å². The highest BCUT2D eigenvalue weighted by molar-refractivity contribution is 7.97. The highest BCUT2D eigenvalue weighted by atomic mass is 32.2. The number of nitrogens with one attached hydrogen (secondary N) is 1. The van der Waals surface area contributed by atoms with Crippen LogP contribution in [0.3, 0.4) is 0 Å². The first-order valence-electron chi connectivity index (χ1n) is 7.82. The number of likely N-dealkylation sites (N-methyl/N-ethyl adjacent to an activating group) is 1. The SMILES string of the molecule is CCNC(=O)C1=CCN(Sc2ccccc2)C1c1ccccc1. The Morgan fingerprint density at radius 3 is 2.43 bits per heavy atom. The van der Waals surface area contributed by atoms with Gasteiger partial charge in [0.15, 0.2) is 0 Å². The minimum absolute atomic E-state index is 0.0204. The molecule has 0 radical (unpaired) electrons. The lowest BCUT2D eigenvalue weighted by atomic mass is 10.0. The zero-order valence-electron chi connectivity index (χ0n) is 13.1. The predicted octanol–water partition coefficient (Wildman–Crippen LogP) is 3.81. The van der Waals surface area contributed by atoms with E-state index in [1.807, 2.05) is 49.4 Å². The lowest BCUT2D eigenvalue weighted by Crippen LogP contribution is -2.29. The first-order chi connectivity index (χ1) is 11.3. The van der Waals surface area contributed by atoms with Crippen molar-refractivity contribution >= 4 is 17.9 Å². The fraction of sp³-hybridized carbons (Fsp3) is 0.211. The molecule has 0 saturated carbocycles. The third-order valence-corrected chi connectivity index (χ3v) is 4.83. The summed E-state index contributed by atoms with van der Waals surface area (Å²) in [6, 6.07) is 20.5. The van der Waals surface area contributed by atoms with Crippen molar-refractivity contribution in [2.45, 2.75) is 17.9 Å². The second kappa shape index (κ2) is 7.49. The van der Waals surface area contributed by atoms with Gasteiger partial charge >= 0.3 is 0 Å². The molecule has 0 aliphatic carbocycles. The minimum atomic E-state index is -0.0204. The molecule has 0 spiro atoms. The molecule has 1 N–H and O–H groups in total. The number of hydrogen-bond acceptors (Lipinski definition) is 3. The quantitative estimate of drug-likeness (QED) is 0.849. The standard InChI is InChI=1S/C19H20N2OS/c1-2-20-19(22)17-13-14-21(23-16-11-7-4-8-12-16)18(17)15-9-5-3-6-10-15/h3-13,18H,2,14H2,1H3,(H,20,22). The summed E-state index contributed by atoms with van der Waals surface area (Å²) in [5.74, 6) is 0.0255. The molecule has 1 aliphatic rings. The van der Waals surface area contributed by atoms with Gasteiger partial charge in [0.25, 0.3) is 0 Å². The average molecular weight is 324 g/mol. The third-order valence-electron chi connectivity index (χ3n) is 3.75. The van der Waals surface area contributed by atoms with Crippen molar-refractivity contribution in [1.82, 2.24) is 9.62 Å². The Bertz CT molecular complexity index is 685. The number of rotatable bonds is 5. The zero-order valence-corrected chi connectivity index (χ0v) is 13.9. The molecule has 23 heavy (non-hydrogen) atoms. The van der Waals surface area contributed by atoms with Crippen molar-refractivity contribution < 1.29 is 4.79 Å². The van der Waals surface area contributed by atoms with E-state index >= 15 is 0 Å². The first kappa shape index (κ1) is 15.8. The van der Waals surface area contributed by atoms with Crippen LogP contribution < -0.4 is 5.32 Å². The van der Waals surface area contributed by atoms with Gasteiger partial charge in [0.05, 0.1) is 6.04 Å². The van der Waals surface area contributed by atoms with Crippen LogP contribution in [0.5, 0.6) is 0 Å². The van der Waals surface area contributed by atoms with E-state index in [2.05, 4.69) is 33.9 Å². The van der Waals surface area contributed by atoms with Crippen molar-refractivity contribution in [3.05, 3.63) is 77.9 Å². The van der Waals surface area contributed by atoms with Gasteiger partial charge in [-0.05, 0) is 36.6 Å². The maximum absolute atomic E-state index is 12.4. The molecule has 3 nitrogen and oxygen atoms in total. The van der Waals surface area contributed by atoms with Gasteiger partial charge in [-0.25, -0.2) is 4.31 Å². The molecule has 1 amide bonds. The Hall–Kier alpha value is -2.04. The van der Waals surface area contributed by atoms with Gasteiger partial charge in [-0.3, -0.25) is 4.79 Å². The van der Waals surface area contributed by atoms with Crippen LogP contribution >= 0.6 is 11.9 Å². The van der Waals surface area contributed by atoms with Crippen molar-refractivity contribution in [1.29, 1.82) is 0 Å². The van der Waals surface area contributed by atoms with E-state index in [1.165, 1.54) is 4.90 Å². The topological polar surface area (TPSA) is 32.3 Å². The molecular weight excluding hydrogens is 304 g/mol. The van der Waals surface area contributed by atoms with Gasteiger partial charge in [0, 0.05) is 23.6 Å².